The van der Waals surface area contributed by atoms with Crippen molar-refractivity contribution in [2.45, 2.75) is 25.7 Å². The lowest BCUT2D eigenvalue weighted by Crippen LogP contribution is -2.44. The van der Waals surface area contributed by atoms with Crippen molar-refractivity contribution in [3.8, 4) is 0 Å². The fourth-order valence-corrected chi connectivity index (χ4v) is 2.95. The number of carbonyl (C=O) groups is 1. The lowest BCUT2D eigenvalue weighted by atomic mass is 9.98. The molecule has 1 atom stereocenters. The van der Waals surface area contributed by atoms with Crippen LogP contribution in [0, 0.1) is 11.8 Å². The predicted molar refractivity (Wildman–Crippen MR) is 75.7 cm³/mol. The SMILES string of the molecule is CS(=O)(=O)NCC1CCCN(C(=O)COCC2CC2)C1. The average molecular weight is 304 g/mol. The van der Waals surface area contributed by atoms with E-state index in [9.17, 15) is 13.2 Å². The molecular formula is C13H24N2O4S. The minimum Gasteiger partial charge on any atom is -0.371 e. The maximum absolute atomic E-state index is 12.0. The van der Waals surface area contributed by atoms with Crippen LogP contribution in [0.1, 0.15) is 25.7 Å². The Kier molecular flexibility index (Phi) is 5.40. The molecule has 0 spiro atoms. The normalized spacial score (nSPS) is 23.9. The first-order chi connectivity index (χ1) is 9.44. The number of piperidine rings is 1. The number of hydrogen-bond donors (Lipinski definition) is 1. The highest BCUT2D eigenvalue weighted by molar-refractivity contribution is 7.88. The molecule has 0 bridgehead atoms. The lowest BCUT2D eigenvalue weighted by Gasteiger charge is -2.32. The fraction of sp³-hybridized carbons (Fsp3) is 0.923. The van der Waals surface area contributed by atoms with E-state index in [1.54, 1.807) is 4.90 Å². The van der Waals surface area contributed by atoms with Crippen LogP contribution < -0.4 is 4.72 Å². The van der Waals surface area contributed by atoms with Crippen molar-refractivity contribution in [2.75, 3.05) is 39.1 Å². The van der Waals surface area contributed by atoms with Gasteiger partial charge in [0, 0.05) is 19.6 Å². The van der Waals surface area contributed by atoms with Gasteiger partial charge >= 0.3 is 0 Å². The number of ether oxygens (including phenoxy) is 1. The number of hydrogen-bond acceptors (Lipinski definition) is 4. The second-order valence-electron chi connectivity index (χ2n) is 5.93. The Morgan fingerprint density at radius 3 is 2.70 bits per heavy atom. The first-order valence-corrected chi connectivity index (χ1v) is 9.13. The molecule has 1 N–H and O–H groups in total. The summed E-state index contributed by atoms with van der Waals surface area (Å²) in [5.41, 5.74) is 0. The number of sulfonamides is 1. The van der Waals surface area contributed by atoms with Gasteiger partial charge in [-0.3, -0.25) is 4.79 Å². The molecule has 6 nitrogen and oxygen atoms in total. The average Bonchev–Trinajstić information content (AvgIpc) is 3.20. The Bertz CT molecular complexity index is 434. The summed E-state index contributed by atoms with van der Waals surface area (Å²) >= 11 is 0. The van der Waals surface area contributed by atoms with E-state index in [2.05, 4.69) is 4.72 Å². The molecule has 1 saturated heterocycles. The highest BCUT2D eigenvalue weighted by Gasteiger charge is 2.25. The lowest BCUT2D eigenvalue weighted by molar-refractivity contribution is -0.138. The molecule has 1 aliphatic heterocycles. The fourth-order valence-electron chi connectivity index (χ4n) is 2.42. The monoisotopic (exact) mass is 304 g/mol. The van der Waals surface area contributed by atoms with E-state index in [1.165, 1.54) is 12.8 Å². The summed E-state index contributed by atoms with van der Waals surface area (Å²) in [5, 5.41) is 0. The Morgan fingerprint density at radius 2 is 2.05 bits per heavy atom. The van der Waals surface area contributed by atoms with Gasteiger partial charge in [0.2, 0.25) is 15.9 Å². The number of rotatable bonds is 7. The van der Waals surface area contributed by atoms with Crippen molar-refractivity contribution < 1.29 is 17.9 Å². The molecule has 1 amide bonds. The molecule has 2 aliphatic rings. The van der Waals surface area contributed by atoms with Gasteiger partial charge in [-0.2, -0.15) is 0 Å². The minimum absolute atomic E-state index is 0.0229. The van der Waals surface area contributed by atoms with Crippen LogP contribution in [-0.2, 0) is 19.6 Å². The Morgan fingerprint density at radius 1 is 1.30 bits per heavy atom. The van der Waals surface area contributed by atoms with Crippen LogP contribution in [0.25, 0.3) is 0 Å². The molecule has 20 heavy (non-hydrogen) atoms. The van der Waals surface area contributed by atoms with Gasteiger partial charge in [-0.15, -0.1) is 0 Å². The van der Waals surface area contributed by atoms with E-state index in [0.29, 0.717) is 25.6 Å². The van der Waals surface area contributed by atoms with Gasteiger partial charge in [0.05, 0.1) is 12.9 Å². The molecule has 7 heteroatoms. The summed E-state index contributed by atoms with van der Waals surface area (Å²) in [4.78, 5) is 13.8. The highest BCUT2D eigenvalue weighted by Crippen LogP contribution is 2.28. The maximum Gasteiger partial charge on any atom is 0.248 e. The van der Waals surface area contributed by atoms with Crippen LogP contribution in [0.4, 0.5) is 0 Å². The van der Waals surface area contributed by atoms with Crippen molar-refractivity contribution in [3.63, 3.8) is 0 Å². The number of nitrogens with zero attached hydrogens (tertiary/aromatic N) is 1. The Balaban J connectivity index is 1.69. The molecule has 2 fully saturated rings. The number of carbonyl (C=O) groups excluding carboxylic acids is 1. The van der Waals surface area contributed by atoms with Gasteiger partial charge in [0.25, 0.3) is 0 Å². The van der Waals surface area contributed by atoms with Crippen molar-refractivity contribution >= 4 is 15.9 Å². The van der Waals surface area contributed by atoms with Crippen molar-refractivity contribution in [1.82, 2.24) is 9.62 Å². The third-order valence-corrected chi connectivity index (χ3v) is 4.47. The van der Waals surface area contributed by atoms with Crippen molar-refractivity contribution in [1.29, 1.82) is 0 Å². The molecule has 116 valence electrons. The number of nitrogens with one attached hydrogen (secondary N) is 1. The highest BCUT2D eigenvalue weighted by atomic mass is 32.2. The summed E-state index contributed by atoms with van der Waals surface area (Å²) < 4.78 is 30.1. The zero-order valence-corrected chi connectivity index (χ0v) is 12.8. The molecule has 1 saturated carbocycles. The third kappa shape index (κ3) is 5.76. The van der Waals surface area contributed by atoms with E-state index in [-0.39, 0.29) is 18.4 Å². The van der Waals surface area contributed by atoms with Gasteiger partial charge in [-0.1, -0.05) is 0 Å². The second-order valence-corrected chi connectivity index (χ2v) is 7.76. The molecule has 0 aromatic carbocycles. The van der Waals surface area contributed by atoms with E-state index in [0.717, 1.165) is 25.6 Å². The molecule has 0 aromatic rings. The van der Waals surface area contributed by atoms with E-state index in [4.69, 9.17) is 4.74 Å². The number of amides is 1. The zero-order chi connectivity index (χ0) is 14.6. The van der Waals surface area contributed by atoms with Gasteiger partial charge < -0.3 is 9.64 Å². The summed E-state index contributed by atoms with van der Waals surface area (Å²) in [6.07, 6.45) is 5.47. The summed E-state index contributed by atoms with van der Waals surface area (Å²) in [5.74, 6) is 0.886. The van der Waals surface area contributed by atoms with Crippen molar-refractivity contribution in [3.05, 3.63) is 0 Å². The first kappa shape index (κ1) is 15.7. The predicted octanol–water partition coefficient (Wildman–Crippen LogP) is 0.201. The van der Waals surface area contributed by atoms with Crippen molar-refractivity contribution in [2.24, 2.45) is 11.8 Å². The van der Waals surface area contributed by atoms with E-state index in [1.807, 2.05) is 0 Å². The van der Waals surface area contributed by atoms with Crippen LogP contribution >= 0.6 is 0 Å². The van der Waals surface area contributed by atoms with Crippen LogP contribution in [-0.4, -0.2) is 58.3 Å². The second kappa shape index (κ2) is 6.87. The maximum atomic E-state index is 12.0. The van der Waals surface area contributed by atoms with Crippen LogP contribution in [0.2, 0.25) is 0 Å². The van der Waals surface area contributed by atoms with Gasteiger partial charge in [-0.25, -0.2) is 13.1 Å². The summed E-state index contributed by atoms with van der Waals surface area (Å²) in [6.45, 7) is 2.63. The summed E-state index contributed by atoms with van der Waals surface area (Å²) in [6, 6.07) is 0. The van der Waals surface area contributed by atoms with Gasteiger partial charge in [0.1, 0.15) is 6.61 Å². The summed E-state index contributed by atoms with van der Waals surface area (Å²) in [7, 11) is -3.16. The molecule has 2 rings (SSSR count). The largest absolute Gasteiger partial charge is 0.371 e. The zero-order valence-electron chi connectivity index (χ0n) is 12.0. The third-order valence-electron chi connectivity index (χ3n) is 3.78. The Hall–Kier alpha value is -0.660. The van der Waals surface area contributed by atoms with E-state index < -0.39 is 10.0 Å². The molecule has 1 aliphatic carbocycles. The van der Waals surface area contributed by atoms with Gasteiger partial charge in [-0.05, 0) is 37.5 Å². The van der Waals surface area contributed by atoms with E-state index >= 15 is 0 Å². The topological polar surface area (TPSA) is 75.7 Å². The standard InChI is InChI=1S/C13H24N2O4S/c1-20(17,18)14-7-12-3-2-6-15(8-12)13(16)10-19-9-11-4-5-11/h11-12,14H,2-10H2,1H3. The van der Waals surface area contributed by atoms with Crippen LogP contribution in [0.15, 0.2) is 0 Å². The minimum atomic E-state index is -3.16. The van der Waals surface area contributed by atoms with Crippen LogP contribution in [0.5, 0.6) is 0 Å². The molecular weight excluding hydrogens is 280 g/mol. The molecule has 1 heterocycles. The Labute approximate surface area is 120 Å². The van der Waals surface area contributed by atoms with Gasteiger partial charge in [0.15, 0.2) is 0 Å². The molecule has 0 aromatic heterocycles. The molecule has 0 radical (unpaired) electrons. The molecule has 1 unspecified atom stereocenters. The quantitative estimate of drug-likeness (QED) is 0.729. The number of likely N-dealkylation sites (tertiary alicyclic amines) is 1. The van der Waals surface area contributed by atoms with Crippen LogP contribution in [0.3, 0.4) is 0 Å². The smallest absolute Gasteiger partial charge is 0.248 e. The first-order valence-electron chi connectivity index (χ1n) is 7.24.